The van der Waals surface area contributed by atoms with Crippen LogP contribution in [0.25, 0.3) is 0 Å². The highest BCUT2D eigenvalue weighted by atomic mass is 16.3. The van der Waals surface area contributed by atoms with Crippen LogP contribution in [0.2, 0.25) is 0 Å². The Kier molecular flexibility index (Phi) is 4.30. The fourth-order valence-electron chi connectivity index (χ4n) is 1.91. The van der Waals surface area contributed by atoms with Gasteiger partial charge in [0.05, 0.1) is 18.4 Å². The predicted molar refractivity (Wildman–Crippen MR) is 71.6 cm³/mol. The molecule has 0 unspecified atom stereocenters. The van der Waals surface area contributed by atoms with Gasteiger partial charge in [-0.3, -0.25) is 9.89 Å². The molecule has 0 fully saturated rings. The van der Waals surface area contributed by atoms with Crippen molar-refractivity contribution in [1.29, 1.82) is 0 Å². The molecule has 0 aliphatic rings. The molecule has 0 radical (unpaired) electrons. The minimum Gasteiger partial charge on any atom is -0.395 e. The molecule has 1 heterocycles. The summed E-state index contributed by atoms with van der Waals surface area (Å²) in [6, 6.07) is 9.71. The topological polar surface area (TPSA) is 69.2 Å². The zero-order valence-corrected chi connectivity index (χ0v) is 10.8. The van der Waals surface area contributed by atoms with Crippen molar-refractivity contribution in [3.8, 4) is 0 Å². The first-order valence-electron chi connectivity index (χ1n) is 6.16. The number of H-pyrrole nitrogens is 1. The molecule has 0 saturated carbocycles. The average Bonchev–Trinajstić information content (AvgIpc) is 2.85. The van der Waals surface area contributed by atoms with Crippen LogP contribution >= 0.6 is 0 Å². The van der Waals surface area contributed by atoms with Crippen LogP contribution in [0.1, 0.15) is 21.6 Å². The first-order valence-corrected chi connectivity index (χ1v) is 6.16. The van der Waals surface area contributed by atoms with E-state index in [-0.39, 0.29) is 12.5 Å². The van der Waals surface area contributed by atoms with Crippen LogP contribution < -0.4 is 0 Å². The summed E-state index contributed by atoms with van der Waals surface area (Å²) in [5, 5.41) is 15.7. The molecule has 2 N–H and O–H groups in total. The van der Waals surface area contributed by atoms with Crippen LogP contribution in [0.4, 0.5) is 0 Å². The van der Waals surface area contributed by atoms with Gasteiger partial charge >= 0.3 is 0 Å². The summed E-state index contributed by atoms with van der Waals surface area (Å²) in [7, 11) is 0. The Balaban J connectivity index is 2.16. The van der Waals surface area contributed by atoms with E-state index in [0.29, 0.717) is 18.7 Å². The minimum atomic E-state index is -0.121. The highest BCUT2D eigenvalue weighted by Crippen LogP contribution is 2.11. The number of nitrogens with zero attached hydrogens (tertiary/aromatic N) is 2. The molecule has 0 saturated heterocycles. The summed E-state index contributed by atoms with van der Waals surface area (Å²) < 4.78 is 0. The molecule has 100 valence electrons. The summed E-state index contributed by atoms with van der Waals surface area (Å²) in [6.45, 7) is 2.53. The van der Waals surface area contributed by atoms with Gasteiger partial charge in [-0.1, -0.05) is 30.3 Å². The molecule has 19 heavy (non-hydrogen) atoms. The van der Waals surface area contributed by atoms with Crippen LogP contribution in [0.3, 0.4) is 0 Å². The number of aromatic nitrogens is 2. The lowest BCUT2D eigenvalue weighted by Crippen LogP contribution is -2.33. The maximum Gasteiger partial charge on any atom is 0.257 e. The summed E-state index contributed by atoms with van der Waals surface area (Å²) in [4.78, 5) is 14.0. The van der Waals surface area contributed by atoms with Crippen LogP contribution in [-0.2, 0) is 6.54 Å². The highest BCUT2D eigenvalue weighted by molar-refractivity contribution is 5.95. The smallest absolute Gasteiger partial charge is 0.257 e. The number of nitrogens with one attached hydrogen (secondary N) is 1. The van der Waals surface area contributed by atoms with E-state index in [1.807, 2.05) is 30.3 Å². The molecule has 2 aromatic rings. The Morgan fingerprint density at radius 1 is 1.37 bits per heavy atom. The second-order valence-corrected chi connectivity index (χ2v) is 4.34. The Hall–Kier alpha value is -2.14. The van der Waals surface area contributed by atoms with Crippen molar-refractivity contribution in [2.75, 3.05) is 13.2 Å². The van der Waals surface area contributed by atoms with Gasteiger partial charge in [0.15, 0.2) is 0 Å². The SMILES string of the molecule is Cc1[nH]ncc1C(=O)N(CCO)Cc1ccccc1. The monoisotopic (exact) mass is 259 g/mol. The molecule has 1 aromatic carbocycles. The van der Waals surface area contributed by atoms with Crippen LogP contribution in [-0.4, -0.2) is 39.3 Å². The largest absolute Gasteiger partial charge is 0.395 e. The molecule has 5 nitrogen and oxygen atoms in total. The Morgan fingerprint density at radius 3 is 2.68 bits per heavy atom. The molecule has 0 aliphatic carbocycles. The van der Waals surface area contributed by atoms with Gasteiger partial charge in [0.25, 0.3) is 5.91 Å². The maximum absolute atomic E-state index is 12.4. The molecule has 2 rings (SSSR count). The van der Waals surface area contributed by atoms with E-state index in [0.717, 1.165) is 11.3 Å². The average molecular weight is 259 g/mol. The van der Waals surface area contributed by atoms with Crippen LogP contribution in [0.15, 0.2) is 36.5 Å². The van der Waals surface area contributed by atoms with E-state index >= 15 is 0 Å². The van der Waals surface area contributed by atoms with E-state index in [1.54, 1.807) is 11.8 Å². The van der Waals surface area contributed by atoms with Gasteiger partial charge in [0.1, 0.15) is 0 Å². The van der Waals surface area contributed by atoms with Crippen LogP contribution in [0, 0.1) is 6.92 Å². The zero-order chi connectivity index (χ0) is 13.7. The molecule has 5 heteroatoms. The van der Waals surface area contributed by atoms with E-state index in [2.05, 4.69) is 10.2 Å². The minimum absolute atomic E-state index is 0.0600. The summed E-state index contributed by atoms with van der Waals surface area (Å²) in [5.41, 5.74) is 2.32. The first kappa shape index (κ1) is 13.3. The van der Waals surface area contributed by atoms with Gasteiger partial charge in [-0.05, 0) is 12.5 Å². The molecule has 0 bridgehead atoms. The van der Waals surface area contributed by atoms with Crippen molar-refractivity contribution in [2.24, 2.45) is 0 Å². The van der Waals surface area contributed by atoms with Gasteiger partial charge in [-0.15, -0.1) is 0 Å². The number of aryl methyl sites for hydroxylation is 1. The van der Waals surface area contributed by atoms with E-state index < -0.39 is 0 Å². The van der Waals surface area contributed by atoms with Crippen molar-refractivity contribution >= 4 is 5.91 Å². The third-order valence-corrected chi connectivity index (χ3v) is 2.93. The highest BCUT2D eigenvalue weighted by Gasteiger charge is 2.18. The normalized spacial score (nSPS) is 10.4. The number of amides is 1. The molecule has 0 aliphatic heterocycles. The number of hydrogen-bond donors (Lipinski definition) is 2. The number of carbonyl (C=O) groups excluding carboxylic acids is 1. The lowest BCUT2D eigenvalue weighted by Gasteiger charge is -2.21. The number of hydrogen-bond acceptors (Lipinski definition) is 3. The lowest BCUT2D eigenvalue weighted by atomic mass is 10.2. The van der Waals surface area contributed by atoms with Gasteiger partial charge in [0, 0.05) is 18.8 Å². The van der Waals surface area contributed by atoms with E-state index in [4.69, 9.17) is 5.11 Å². The van der Waals surface area contributed by atoms with E-state index in [1.165, 1.54) is 6.20 Å². The van der Waals surface area contributed by atoms with Gasteiger partial charge in [0.2, 0.25) is 0 Å². The molecule has 1 amide bonds. The Labute approximate surface area is 111 Å². The number of aromatic amines is 1. The Bertz CT molecular complexity index is 537. The first-order chi connectivity index (χ1) is 9.22. The second-order valence-electron chi connectivity index (χ2n) is 4.34. The number of benzene rings is 1. The van der Waals surface area contributed by atoms with Crippen molar-refractivity contribution in [2.45, 2.75) is 13.5 Å². The fourth-order valence-corrected chi connectivity index (χ4v) is 1.91. The number of aliphatic hydroxyl groups excluding tert-OH is 1. The molecular formula is C14H17N3O2. The second kappa shape index (κ2) is 6.15. The summed E-state index contributed by atoms with van der Waals surface area (Å²) >= 11 is 0. The predicted octanol–water partition coefficient (Wildman–Crippen LogP) is 1.35. The fraction of sp³-hybridized carbons (Fsp3) is 0.286. The maximum atomic E-state index is 12.4. The van der Waals surface area contributed by atoms with E-state index in [9.17, 15) is 4.79 Å². The lowest BCUT2D eigenvalue weighted by molar-refractivity contribution is 0.0707. The molecule has 0 atom stereocenters. The molecule has 0 spiro atoms. The zero-order valence-electron chi connectivity index (χ0n) is 10.8. The Morgan fingerprint density at radius 2 is 2.11 bits per heavy atom. The van der Waals surface area contributed by atoms with Crippen molar-refractivity contribution in [3.63, 3.8) is 0 Å². The van der Waals surface area contributed by atoms with Crippen molar-refractivity contribution in [3.05, 3.63) is 53.3 Å². The van der Waals surface area contributed by atoms with Gasteiger partial charge < -0.3 is 10.0 Å². The van der Waals surface area contributed by atoms with Gasteiger partial charge in [-0.2, -0.15) is 5.10 Å². The molecule has 1 aromatic heterocycles. The quantitative estimate of drug-likeness (QED) is 0.851. The number of carbonyl (C=O) groups is 1. The number of aliphatic hydroxyl groups is 1. The third-order valence-electron chi connectivity index (χ3n) is 2.93. The molecular weight excluding hydrogens is 242 g/mol. The van der Waals surface area contributed by atoms with Crippen molar-refractivity contribution < 1.29 is 9.90 Å². The van der Waals surface area contributed by atoms with Crippen LogP contribution in [0.5, 0.6) is 0 Å². The van der Waals surface area contributed by atoms with Gasteiger partial charge in [-0.25, -0.2) is 0 Å². The van der Waals surface area contributed by atoms with Crippen molar-refractivity contribution in [1.82, 2.24) is 15.1 Å². The standard InChI is InChI=1S/C14H17N3O2/c1-11-13(9-15-16-11)14(19)17(7-8-18)10-12-5-3-2-4-6-12/h2-6,9,18H,7-8,10H2,1H3,(H,15,16). The summed E-state index contributed by atoms with van der Waals surface area (Å²) in [6.07, 6.45) is 1.52. The summed E-state index contributed by atoms with van der Waals surface area (Å²) in [5.74, 6) is -0.121. The number of rotatable bonds is 5. The third kappa shape index (κ3) is 3.20.